The van der Waals surface area contributed by atoms with E-state index in [-0.39, 0.29) is 28.2 Å². The molecule has 3 heterocycles. The summed E-state index contributed by atoms with van der Waals surface area (Å²) in [7, 11) is 0. The minimum Gasteiger partial charge on any atom is -0.381 e. The third kappa shape index (κ3) is 3.14. The molecule has 0 bridgehead atoms. The monoisotopic (exact) mass is 423 g/mol. The molecule has 5 nitrogen and oxygen atoms in total. The number of aromatic nitrogens is 4. The van der Waals surface area contributed by atoms with Gasteiger partial charge in [-0.2, -0.15) is 13.2 Å². The molecule has 0 saturated carbocycles. The lowest BCUT2D eigenvalue weighted by molar-refractivity contribution is -0.136. The van der Waals surface area contributed by atoms with E-state index in [1.807, 2.05) is 0 Å². The van der Waals surface area contributed by atoms with Gasteiger partial charge in [0.25, 0.3) is 0 Å². The minimum absolute atomic E-state index is 0.0755. The Labute approximate surface area is 172 Å². The molecule has 2 N–H and O–H groups in total. The van der Waals surface area contributed by atoms with E-state index in [0.29, 0.717) is 16.6 Å². The highest BCUT2D eigenvalue weighted by molar-refractivity contribution is 5.91. The number of hydrogen-bond acceptors (Lipinski definition) is 4. The molecule has 0 fully saturated rings. The second kappa shape index (κ2) is 6.76. The molecule has 0 amide bonds. The third-order valence-electron chi connectivity index (χ3n) is 4.95. The molecule has 5 rings (SSSR count). The SMILES string of the molecule is Nc1nc(-c2cccc(F)c2)c(-c2cc(C(F)(F)F)c3ncccc3c2)n2ccnc12. The lowest BCUT2D eigenvalue weighted by atomic mass is 9.98. The van der Waals surface area contributed by atoms with Crippen molar-refractivity contribution < 1.29 is 17.6 Å². The standard InChI is InChI=1S/C22H13F4N5/c23-15-5-1-3-13(10-15)18-19(31-8-7-29-21(31)20(27)30-18)14-9-12-4-2-6-28-17(12)16(11-14)22(24,25)26/h1-11H,(H2,27,30). The zero-order valence-electron chi connectivity index (χ0n) is 15.7. The first kappa shape index (κ1) is 19.0. The van der Waals surface area contributed by atoms with Gasteiger partial charge < -0.3 is 5.73 Å². The van der Waals surface area contributed by atoms with Crippen LogP contribution < -0.4 is 5.73 Å². The summed E-state index contributed by atoms with van der Waals surface area (Å²) < 4.78 is 57.1. The Morgan fingerprint density at radius 2 is 1.74 bits per heavy atom. The Bertz CT molecular complexity index is 1460. The molecule has 154 valence electrons. The van der Waals surface area contributed by atoms with Crippen molar-refractivity contribution >= 4 is 22.4 Å². The predicted octanol–water partition coefficient (Wildman–Crippen LogP) is 5.35. The van der Waals surface area contributed by atoms with E-state index in [9.17, 15) is 17.6 Å². The van der Waals surface area contributed by atoms with Crippen LogP contribution in [0.5, 0.6) is 0 Å². The summed E-state index contributed by atoms with van der Waals surface area (Å²) in [6, 6.07) is 11.4. The summed E-state index contributed by atoms with van der Waals surface area (Å²) >= 11 is 0. The van der Waals surface area contributed by atoms with Gasteiger partial charge in [-0.3, -0.25) is 9.38 Å². The van der Waals surface area contributed by atoms with Crippen LogP contribution in [-0.4, -0.2) is 19.4 Å². The van der Waals surface area contributed by atoms with Crippen molar-refractivity contribution in [1.29, 1.82) is 0 Å². The van der Waals surface area contributed by atoms with Gasteiger partial charge in [-0.15, -0.1) is 0 Å². The fourth-order valence-corrected chi connectivity index (χ4v) is 3.67. The van der Waals surface area contributed by atoms with Gasteiger partial charge in [0.15, 0.2) is 11.5 Å². The second-order valence-electron chi connectivity index (χ2n) is 6.92. The maximum atomic E-state index is 13.9. The molecule has 0 aliphatic carbocycles. The summed E-state index contributed by atoms with van der Waals surface area (Å²) in [5, 5.41) is 0.308. The van der Waals surface area contributed by atoms with Crippen molar-refractivity contribution in [2.24, 2.45) is 0 Å². The number of nitrogens with two attached hydrogens (primary N) is 1. The second-order valence-corrected chi connectivity index (χ2v) is 6.92. The molecule has 2 aromatic carbocycles. The molecular weight excluding hydrogens is 410 g/mol. The summed E-state index contributed by atoms with van der Waals surface area (Å²) in [6.07, 6.45) is -0.267. The summed E-state index contributed by atoms with van der Waals surface area (Å²) in [5.41, 5.74) is 6.43. The van der Waals surface area contributed by atoms with Crippen LogP contribution in [0.4, 0.5) is 23.4 Å². The van der Waals surface area contributed by atoms with E-state index in [0.717, 1.165) is 6.07 Å². The Morgan fingerprint density at radius 3 is 2.52 bits per heavy atom. The van der Waals surface area contributed by atoms with E-state index < -0.39 is 17.6 Å². The largest absolute Gasteiger partial charge is 0.418 e. The highest BCUT2D eigenvalue weighted by atomic mass is 19.4. The summed E-state index contributed by atoms with van der Waals surface area (Å²) in [4.78, 5) is 12.4. The molecule has 0 aliphatic rings. The number of anilines is 1. The van der Waals surface area contributed by atoms with Crippen LogP contribution in [0.2, 0.25) is 0 Å². The Hall–Kier alpha value is -4.01. The van der Waals surface area contributed by atoms with Crippen molar-refractivity contribution in [3.05, 3.63) is 78.5 Å². The van der Waals surface area contributed by atoms with Gasteiger partial charge in [0, 0.05) is 35.1 Å². The number of hydrogen-bond donors (Lipinski definition) is 1. The fourth-order valence-electron chi connectivity index (χ4n) is 3.67. The number of imidazole rings is 1. The number of alkyl halides is 3. The van der Waals surface area contributed by atoms with Gasteiger partial charge in [-0.1, -0.05) is 18.2 Å². The summed E-state index contributed by atoms with van der Waals surface area (Å²) in [5.74, 6) is -0.431. The van der Waals surface area contributed by atoms with Crippen molar-refractivity contribution in [2.45, 2.75) is 6.18 Å². The van der Waals surface area contributed by atoms with Crippen LogP contribution in [0.1, 0.15) is 5.56 Å². The average Bonchev–Trinajstić information content (AvgIpc) is 3.22. The quantitative estimate of drug-likeness (QED) is 0.389. The van der Waals surface area contributed by atoms with Crippen LogP contribution in [-0.2, 0) is 6.18 Å². The average molecular weight is 423 g/mol. The molecule has 0 radical (unpaired) electrons. The molecule has 0 atom stereocenters. The zero-order valence-corrected chi connectivity index (χ0v) is 15.7. The van der Waals surface area contributed by atoms with E-state index >= 15 is 0 Å². The Balaban J connectivity index is 1.91. The molecular formula is C22H13F4N5. The van der Waals surface area contributed by atoms with Gasteiger partial charge in [-0.05, 0) is 30.3 Å². The number of pyridine rings is 1. The van der Waals surface area contributed by atoms with Crippen LogP contribution >= 0.6 is 0 Å². The maximum absolute atomic E-state index is 13.9. The number of benzene rings is 2. The van der Waals surface area contributed by atoms with Gasteiger partial charge in [0.1, 0.15) is 5.82 Å². The topological polar surface area (TPSA) is 69.1 Å². The van der Waals surface area contributed by atoms with E-state index in [2.05, 4.69) is 15.0 Å². The maximum Gasteiger partial charge on any atom is 0.418 e. The predicted molar refractivity (Wildman–Crippen MR) is 109 cm³/mol. The molecule has 31 heavy (non-hydrogen) atoms. The fraction of sp³-hybridized carbons (Fsp3) is 0.0455. The molecule has 0 unspecified atom stereocenters. The van der Waals surface area contributed by atoms with Crippen molar-refractivity contribution in [2.75, 3.05) is 5.73 Å². The Morgan fingerprint density at radius 1 is 0.903 bits per heavy atom. The van der Waals surface area contributed by atoms with E-state index in [4.69, 9.17) is 5.73 Å². The van der Waals surface area contributed by atoms with Crippen molar-refractivity contribution in [3.8, 4) is 22.5 Å². The van der Waals surface area contributed by atoms with Crippen LogP contribution in [0.25, 0.3) is 39.1 Å². The number of rotatable bonds is 2. The van der Waals surface area contributed by atoms with Gasteiger partial charge in [0.05, 0.1) is 22.5 Å². The van der Waals surface area contributed by atoms with E-state index in [1.165, 1.54) is 30.6 Å². The highest BCUT2D eigenvalue weighted by Crippen LogP contribution is 2.40. The normalized spacial score (nSPS) is 12.0. The molecule has 0 aliphatic heterocycles. The molecule has 0 saturated heterocycles. The minimum atomic E-state index is -4.63. The number of fused-ring (bicyclic) bond motifs is 2. The van der Waals surface area contributed by atoms with Gasteiger partial charge >= 0.3 is 6.18 Å². The lowest BCUT2D eigenvalue weighted by Crippen LogP contribution is -2.08. The number of nitrogen functional groups attached to an aromatic ring is 1. The highest BCUT2D eigenvalue weighted by Gasteiger charge is 2.34. The van der Waals surface area contributed by atoms with Crippen LogP contribution in [0, 0.1) is 5.82 Å². The number of nitrogens with zero attached hydrogens (tertiary/aromatic N) is 4. The molecule has 5 aromatic rings. The van der Waals surface area contributed by atoms with Crippen LogP contribution in [0.15, 0.2) is 67.1 Å². The first-order valence-electron chi connectivity index (χ1n) is 9.18. The molecule has 0 spiro atoms. The van der Waals surface area contributed by atoms with Gasteiger partial charge in [-0.25, -0.2) is 14.4 Å². The number of halogens is 4. The van der Waals surface area contributed by atoms with Crippen molar-refractivity contribution in [1.82, 2.24) is 19.4 Å². The Kier molecular flexibility index (Phi) is 4.14. The first-order valence-corrected chi connectivity index (χ1v) is 9.18. The molecule has 9 heteroatoms. The zero-order chi connectivity index (χ0) is 21.8. The summed E-state index contributed by atoms with van der Waals surface area (Å²) in [6.45, 7) is 0. The van der Waals surface area contributed by atoms with Crippen LogP contribution in [0.3, 0.4) is 0 Å². The smallest absolute Gasteiger partial charge is 0.381 e. The van der Waals surface area contributed by atoms with Crippen molar-refractivity contribution in [3.63, 3.8) is 0 Å². The van der Waals surface area contributed by atoms with E-state index in [1.54, 1.807) is 34.9 Å². The third-order valence-corrected chi connectivity index (χ3v) is 4.95. The molecule has 3 aromatic heterocycles. The first-order chi connectivity index (χ1) is 14.8. The van der Waals surface area contributed by atoms with Gasteiger partial charge in [0.2, 0.25) is 0 Å². The lowest BCUT2D eigenvalue weighted by Gasteiger charge is -2.17.